The SMILES string of the molecule is CC(C)C(NC(=O)NC(=O)CCCl)c1cccs1. The number of thiophene rings is 1. The van der Waals surface area contributed by atoms with Crippen molar-refractivity contribution in [2.45, 2.75) is 26.3 Å². The summed E-state index contributed by atoms with van der Waals surface area (Å²) in [5, 5.41) is 7.03. The van der Waals surface area contributed by atoms with E-state index in [0.29, 0.717) is 0 Å². The van der Waals surface area contributed by atoms with Gasteiger partial charge in [0.1, 0.15) is 0 Å². The molecule has 1 unspecified atom stereocenters. The van der Waals surface area contributed by atoms with Gasteiger partial charge in [-0.15, -0.1) is 22.9 Å². The molecule has 0 aliphatic rings. The van der Waals surface area contributed by atoms with Gasteiger partial charge in [0, 0.05) is 17.2 Å². The highest BCUT2D eigenvalue weighted by molar-refractivity contribution is 7.10. The van der Waals surface area contributed by atoms with E-state index in [9.17, 15) is 9.59 Å². The Kier molecular flexibility index (Phi) is 6.15. The molecule has 1 aromatic heterocycles. The van der Waals surface area contributed by atoms with Gasteiger partial charge in [0.05, 0.1) is 6.04 Å². The van der Waals surface area contributed by atoms with Gasteiger partial charge in [-0.05, 0) is 17.4 Å². The molecule has 1 aromatic rings. The standard InChI is InChI=1S/C12H17ClN2O2S/c1-8(2)11(9-4-3-7-18-9)15-12(17)14-10(16)5-6-13/h3-4,7-8,11H,5-6H2,1-2H3,(H2,14,15,16,17). The smallest absolute Gasteiger partial charge is 0.321 e. The van der Waals surface area contributed by atoms with Crippen molar-refractivity contribution in [2.24, 2.45) is 5.92 Å². The summed E-state index contributed by atoms with van der Waals surface area (Å²) >= 11 is 7.01. The van der Waals surface area contributed by atoms with Gasteiger partial charge in [0.25, 0.3) is 0 Å². The van der Waals surface area contributed by atoms with Crippen molar-refractivity contribution in [3.63, 3.8) is 0 Å². The second kappa shape index (κ2) is 7.38. The lowest BCUT2D eigenvalue weighted by atomic mass is 10.0. The molecule has 0 aromatic carbocycles. The molecule has 4 nitrogen and oxygen atoms in total. The third-order valence-corrected chi connectivity index (χ3v) is 3.52. The monoisotopic (exact) mass is 288 g/mol. The van der Waals surface area contributed by atoms with Crippen LogP contribution < -0.4 is 10.6 Å². The van der Waals surface area contributed by atoms with Crippen molar-refractivity contribution in [2.75, 3.05) is 5.88 Å². The van der Waals surface area contributed by atoms with Crippen molar-refractivity contribution in [3.05, 3.63) is 22.4 Å². The van der Waals surface area contributed by atoms with Gasteiger partial charge >= 0.3 is 6.03 Å². The van der Waals surface area contributed by atoms with E-state index in [0.717, 1.165) is 4.88 Å². The van der Waals surface area contributed by atoms with Crippen molar-refractivity contribution < 1.29 is 9.59 Å². The van der Waals surface area contributed by atoms with Crippen molar-refractivity contribution in [3.8, 4) is 0 Å². The summed E-state index contributed by atoms with van der Waals surface area (Å²) in [5.41, 5.74) is 0. The predicted octanol–water partition coefficient (Wildman–Crippen LogP) is 2.90. The normalized spacial score (nSPS) is 12.2. The molecule has 1 atom stereocenters. The Bertz CT molecular complexity index is 393. The molecule has 0 saturated carbocycles. The molecule has 0 bridgehead atoms. The van der Waals surface area contributed by atoms with Crippen LogP contribution in [-0.2, 0) is 4.79 Å². The van der Waals surface area contributed by atoms with Crippen LogP contribution in [-0.4, -0.2) is 17.8 Å². The summed E-state index contributed by atoms with van der Waals surface area (Å²) < 4.78 is 0. The van der Waals surface area contributed by atoms with Crippen LogP contribution in [0.4, 0.5) is 4.79 Å². The van der Waals surface area contributed by atoms with Crippen LogP contribution in [0.5, 0.6) is 0 Å². The minimum absolute atomic E-state index is 0.0891. The Hall–Kier alpha value is -1.07. The van der Waals surface area contributed by atoms with E-state index in [1.807, 2.05) is 31.4 Å². The van der Waals surface area contributed by atoms with E-state index in [1.165, 1.54) is 0 Å². The molecule has 18 heavy (non-hydrogen) atoms. The van der Waals surface area contributed by atoms with E-state index in [4.69, 9.17) is 11.6 Å². The van der Waals surface area contributed by atoms with Gasteiger partial charge in [-0.2, -0.15) is 0 Å². The topological polar surface area (TPSA) is 58.2 Å². The quantitative estimate of drug-likeness (QED) is 0.819. The molecular formula is C12H17ClN2O2S. The van der Waals surface area contributed by atoms with Crippen LogP contribution >= 0.6 is 22.9 Å². The van der Waals surface area contributed by atoms with Crippen LogP contribution in [0.15, 0.2) is 17.5 Å². The van der Waals surface area contributed by atoms with Crippen LogP contribution in [0.1, 0.15) is 31.2 Å². The van der Waals surface area contributed by atoms with Crippen LogP contribution in [0, 0.1) is 5.92 Å². The fraction of sp³-hybridized carbons (Fsp3) is 0.500. The Morgan fingerprint density at radius 1 is 1.44 bits per heavy atom. The second-order valence-electron chi connectivity index (χ2n) is 4.20. The first kappa shape index (κ1) is 15.0. The second-order valence-corrected chi connectivity index (χ2v) is 5.55. The van der Waals surface area contributed by atoms with Crippen molar-refractivity contribution in [1.82, 2.24) is 10.6 Å². The Balaban J connectivity index is 2.57. The van der Waals surface area contributed by atoms with Crippen LogP contribution in [0.25, 0.3) is 0 Å². The van der Waals surface area contributed by atoms with Gasteiger partial charge in [-0.3, -0.25) is 10.1 Å². The van der Waals surface area contributed by atoms with E-state index in [1.54, 1.807) is 11.3 Å². The largest absolute Gasteiger partial charge is 0.330 e. The van der Waals surface area contributed by atoms with E-state index in [2.05, 4.69) is 10.6 Å². The zero-order chi connectivity index (χ0) is 13.5. The molecule has 0 aliphatic heterocycles. The van der Waals surface area contributed by atoms with E-state index >= 15 is 0 Å². The number of carbonyl (C=O) groups excluding carboxylic acids is 2. The lowest BCUT2D eigenvalue weighted by Gasteiger charge is -2.21. The molecule has 1 heterocycles. The highest BCUT2D eigenvalue weighted by Crippen LogP contribution is 2.25. The van der Waals surface area contributed by atoms with Gasteiger partial charge in [-0.1, -0.05) is 19.9 Å². The molecular weight excluding hydrogens is 272 g/mol. The Morgan fingerprint density at radius 3 is 2.67 bits per heavy atom. The van der Waals surface area contributed by atoms with Gasteiger partial charge in [0.2, 0.25) is 5.91 Å². The minimum atomic E-state index is -0.475. The molecule has 6 heteroatoms. The Labute approximate surface area is 116 Å². The molecule has 100 valence electrons. The lowest BCUT2D eigenvalue weighted by molar-refractivity contribution is -0.119. The summed E-state index contributed by atoms with van der Waals surface area (Å²) in [6.45, 7) is 4.04. The predicted molar refractivity (Wildman–Crippen MR) is 73.9 cm³/mol. The van der Waals surface area contributed by atoms with E-state index < -0.39 is 6.03 Å². The summed E-state index contributed by atoms with van der Waals surface area (Å²) in [6.07, 6.45) is 0.139. The maximum atomic E-state index is 11.7. The number of hydrogen-bond acceptors (Lipinski definition) is 3. The number of imide groups is 1. The fourth-order valence-electron chi connectivity index (χ4n) is 1.49. The van der Waals surface area contributed by atoms with Gasteiger partial charge < -0.3 is 5.32 Å². The highest BCUT2D eigenvalue weighted by atomic mass is 35.5. The maximum absolute atomic E-state index is 11.7. The summed E-state index contributed by atoms with van der Waals surface area (Å²) in [5.74, 6) is 0.0891. The van der Waals surface area contributed by atoms with Crippen molar-refractivity contribution in [1.29, 1.82) is 0 Å². The summed E-state index contributed by atoms with van der Waals surface area (Å²) in [6, 6.07) is 3.34. The highest BCUT2D eigenvalue weighted by Gasteiger charge is 2.19. The molecule has 0 radical (unpaired) electrons. The third kappa shape index (κ3) is 4.66. The average molecular weight is 289 g/mol. The number of hydrogen-bond donors (Lipinski definition) is 2. The number of amides is 3. The lowest BCUT2D eigenvalue weighted by Crippen LogP contribution is -2.42. The zero-order valence-electron chi connectivity index (χ0n) is 10.4. The van der Waals surface area contributed by atoms with Gasteiger partial charge in [0.15, 0.2) is 0 Å². The third-order valence-electron chi connectivity index (χ3n) is 2.38. The first-order valence-electron chi connectivity index (χ1n) is 5.74. The fourth-order valence-corrected chi connectivity index (χ4v) is 2.61. The minimum Gasteiger partial charge on any atom is -0.330 e. The van der Waals surface area contributed by atoms with Gasteiger partial charge in [-0.25, -0.2) is 4.79 Å². The molecule has 1 rings (SSSR count). The number of carbonyl (C=O) groups is 2. The molecule has 0 spiro atoms. The summed E-state index contributed by atoms with van der Waals surface area (Å²) in [7, 11) is 0. The molecule has 0 saturated heterocycles. The first-order valence-corrected chi connectivity index (χ1v) is 7.15. The molecule has 0 aliphatic carbocycles. The number of rotatable bonds is 5. The van der Waals surface area contributed by atoms with Crippen molar-refractivity contribution >= 4 is 34.9 Å². The van der Waals surface area contributed by atoms with E-state index in [-0.39, 0.29) is 30.2 Å². The number of nitrogens with one attached hydrogen (secondary N) is 2. The molecule has 3 amide bonds. The number of urea groups is 1. The van der Waals surface area contributed by atoms with Crippen LogP contribution in [0.2, 0.25) is 0 Å². The number of halogens is 1. The van der Waals surface area contributed by atoms with Crippen LogP contribution in [0.3, 0.4) is 0 Å². The molecule has 0 fully saturated rings. The maximum Gasteiger partial charge on any atom is 0.321 e. The first-order chi connectivity index (χ1) is 8.54. The summed E-state index contributed by atoms with van der Waals surface area (Å²) in [4.78, 5) is 24.0. The number of alkyl halides is 1. The average Bonchev–Trinajstić information content (AvgIpc) is 2.78. The molecule has 2 N–H and O–H groups in total. The zero-order valence-corrected chi connectivity index (χ0v) is 12.0. The Morgan fingerprint density at radius 2 is 2.17 bits per heavy atom.